The summed E-state index contributed by atoms with van der Waals surface area (Å²) in [6, 6.07) is 20.1. The summed E-state index contributed by atoms with van der Waals surface area (Å²) in [5, 5.41) is 11.6. The Morgan fingerprint density at radius 2 is 1.81 bits per heavy atom. The molecule has 5 heteroatoms. The first-order valence-electron chi connectivity index (χ1n) is 9.35. The fraction of sp³-hybridized carbons (Fsp3) is 0.364. The number of hydrogen-bond donors (Lipinski definition) is 1. The number of aliphatic hydroxyl groups is 1. The van der Waals surface area contributed by atoms with Crippen LogP contribution in [0.4, 0.5) is 0 Å². The molecule has 4 rings (SSSR count). The van der Waals surface area contributed by atoms with Crippen molar-refractivity contribution in [1.29, 1.82) is 0 Å². The number of fused-ring (bicyclic) bond motifs is 2. The molecule has 2 aliphatic rings. The van der Waals surface area contributed by atoms with Gasteiger partial charge in [-0.15, -0.1) is 6.58 Å². The smallest absolute Gasteiger partial charge is 0.176 e. The molecule has 2 heterocycles. The van der Waals surface area contributed by atoms with E-state index in [9.17, 15) is 5.11 Å². The highest BCUT2D eigenvalue weighted by Gasteiger charge is 2.48. The molecule has 2 aliphatic heterocycles. The molecule has 0 amide bonds. The molecule has 1 N–H and O–H groups in total. The molecule has 5 nitrogen and oxygen atoms in total. The zero-order chi connectivity index (χ0) is 18.6. The van der Waals surface area contributed by atoms with E-state index in [1.165, 1.54) is 5.56 Å². The Bertz CT molecular complexity index is 738. The molecule has 2 fully saturated rings. The van der Waals surface area contributed by atoms with Crippen LogP contribution in [0.5, 0.6) is 0 Å². The van der Waals surface area contributed by atoms with Gasteiger partial charge in [-0.25, -0.2) is 0 Å². The summed E-state index contributed by atoms with van der Waals surface area (Å²) >= 11 is 0. The molecule has 5 atom stereocenters. The molecule has 142 valence electrons. The van der Waals surface area contributed by atoms with E-state index in [4.69, 9.17) is 14.3 Å². The second kappa shape index (κ2) is 8.33. The lowest BCUT2D eigenvalue weighted by Crippen LogP contribution is -2.53. The maximum atomic E-state index is 9.60. The van der Waals surface area contributed by atoms with Gasteiger partial charge in [0, 0.05) is 0 Å². The first kappa shape index (κ1) is 18.3. The summed E-state index contributed by atoms with van der Waals surface area (Å²) < 4.78 is 12.0. The van der Waals surface area contributed by atoms with Crippen molar-refractivity contribution < 1.29 is 19.4 Å². The molecule has 0 saturated carbocycles. The van der Waals surface area contributed by atoms with Crippen LogP contribution in [-0.2, 0) is 20.7 Å². The molecule has 0 radical (unpaired) electrons. The number of ether oxygens (including phenoxy) is 2. The minimum atomic E-state index is -0.428. The summed E-state index contributed by atoms with van der Waals surface area (Å²) in [5.74, 6) is 0. The fourth-order valence-electron chi connectivity index (χ4n) is 3.71. The van der Waals surface area contributed by atoms with Crippen molar-refractivity contribution >= 4 is 0 Å². The van der Waals surface area contributed by atoms with Crippen molar-refractivity contribution in [2.24, 2.45) is 0 Å². The SMILES string of the molecule is C=C[C@H](ON1C[C@@H]2O[C@@H](O[C@H]2CO)[C@H]1Cc1ccccc1)c1ccccc1. The van der Waals surface area contributed by atoms with Crippen molar-refractivity contribution in [3.05, 3.63) is 84.4 Å². The zero-order valence-corrected chi connectivity index (χ0v) is 15.2. The van der Waals surface area contributed by atoms with Gasteiger partial charge in [0.2, 0.25) is 0 Å². The fourth-order valence-corrected chi connectivity index (χ4v) is 3.71. The van der Waals surface area contributed by atoms with Gasteiger partial charge in [-0.2, -0.15) is 5.06 Å². The number of hydroxylamine groups is 2. The highest BCUT2D eigenvalue weighted by Crippen LogP contribution is 2.34. The summed E-state index contributed by atoms with van der Waals surface area (Å²) in [4.78, 5) is 6.36. The van der Waals surface area contributed by atoms with Gasteiger partial charge >= 0.3 is 0 Å². The summed E-state index contributed by atoms with van der Waals surface area (Å²) in [6.45, 7) is 4.42. The monoisotopic (exact) mass is 367 g/mol. The lowest BCUT2D eigenvalue weighted by Gasteiger charge is -2.39. The average Bonchev–Trinajstić information content (AvgIpc) is 3.07. The van der Waals surface area contributed by atoms with E-state index in [0.717, 1.165) is 12.0 Å². The second-order valence-electron chi connectivity index (χ2n) is 6.93. The summed E-state index contributed by atoms with van der Waals surface area (Å²) in [6.07, 6.45) is 1.33. The molecule has 2 saturated heterocycles. The lowest BCUT2D eigenvalue weighted by molar-refractivity contribution is -0.283. The van der Waals surface area contributed by atoms with E-state index < -0.39 is 6.29 Å². The van der Waals surface area contributed by atoms with Gasteiger partial charge in [-0.05, 0) is 17.5 Å². The number of nitrogens with zero attached hydrogens (tertiary/aromatic N) is 1. The van der Waals surface area contributed by atoms with Crippen molar-refractivity contribution in [2.75, 3.05) is 13.2 Å². The Morgan fingerprint density at radius 3 is 2.48 bits per heavy atom. The molecule has 2 aromatic rings. The van der Waals surface area contributed by atoms with E-state index in [1.54, 1.807) is 6.08 Å². The number of rotatable bonds is 7. The first-order valence-corrected chi connectivity index (χ1v) is 9.35. The maximum absolute atomic E-state index is 9.60. The average molecular weight is 367 g/mol. The van der Waals surface area contributed by atoms with Gasteiger partial charge in [0.05, 0.1) is 19.2 Å². The molecule has 0 spiro atoms. The van der Waals surface area contributed by atoms with E-state index in [1.807, 2.05) is 53.6 Å². The molecule has 0 aliphatic carbocycles. The van der Waals surface area contributed by atoms with Crippen molar-refractivity contribution in [1.82, 2.24) is 5.06 Å². The highest BCUT2D eigenvalue weighted by atomic mass is 16.8. The topological polar surface area (TPSA) is 51.2 Å². The van der Waals surface area contributed by atoms with Gasteiger partial charge in [-0.3, -0.25) is 4.84 Å². The van der Waals surface area contributed by atoms with Crippen LogP contribution in [0, 0.1) is 0 Å². The van der Waals surface area contributed by atoms with Crippen LogP contribution in [0.2, 0.25) is 0 Å². The molecule has 27 heavy (non-hydrogen) atoms. The van der Waals surface area contributed by atoms with Gasteiger partial charge in [0.15, 0.2) is 6.29 Å². The Balaban J connectivity index is 1.56. The van der Waals surface area contributed by atoms with Gasteiger partial charge in [-0.1, -0.05) is 66.7 Å². The quantitative estimate of drug-likeness (QED) is 0.763. The minimum absolute atomic E-state index is 0.0589. The molecular weight excluding hydrogens is 342 g/mol. The van der Waals surface area contributed by atoms with E-state index in [2.05, 4.69) is 18.7 Å². The van der Waals surface area contributed by atoms with E-state index in [-0.39, 0.29) is 31.0 Å². The van der Waals surface area contributed by atoms with Gasteiger partial charge in [0.1, 0.15) is 18.3 Å². The largest absolute Gasteiger partial charge is 0.394 e. The second-order valence-corrected chi connectivity index (χ2v) is 6.93. The van der Waals surface area contributed by atoms with Crippen LogP contribution in [-0.4, -0.2) is 47.9 Å². The highest BCUT2D eigenvalue weighted by molar-refractivity contribution is 5.21. The first-order chi connectivity index (χ1) is 13.3. The standard InChI is InChI=1S/C22H25NO4/c1-2-19(17-11-7-4-8-12-17)27-23-14-20-21(15-24)26-22(25-20)18(23)13-16-9-5-3-6-10-16/h2-12,18-22,24H,1,13-15H2/t18-,19+,20+,21+,22+/m1/s1. The molecule has 2 bridgehead atoms. The number of aliphatic hydroxyl groups excluding tert-OH is 1. The Hall–Kier alpha value is -2.02. The predicted molar refractivity (Wildman–Crippen MR) is 102 cm³/mol. The van der Waals surface area contributed by atoms with Crippen LogP contribution in [0.1, 0.15) is 17.2 Å². The third-order valence-corrected chi connectivity index (χ3v) is 5.14. The zero-order valence-electron chi connectivity index (χ0n) is 15.2. The number of hydrogen-bond acceptors (Lipinski definition) is 5. The molecule has 2 aromatic carbocycles. The van der Waals surface area contributed by atoms with E-state index >= 15 is 0 Å². The molecular formula is C22H25NO4. The Labute approximate surface area is 159 Å². The van der Waals surface area contributed by atoms with Crippen molar-refractivity contribution in [3.8, 4) is 0 Å². The third-order valence-electron chi connectivity index (χ3n) is 5.14. The van der Waals surface area contributed by atoms with Gasteiger partial charge in [0.25, 0.3) is 0 Å². The van der Waals surface area contributed by atoms with Crippen molar-refractivity contribution in [3.63, 3.8) is 0 Å². The number of benzene rings is 2. The predicted octanol–water partition coefficient (Wildman–Crippen LogP) is 2.87. The Kier molecular flexibility index (Phi) is 5.66. The van der Waals surface area contributed by atoms with Crippen LogP contribution >= 0.6 is 0 Å². The van der Waals surface area contributed by atoms with Crippen LogP contribution in [0.15, 0.2) is 73.3 Å². The Morgan fingerprint density at radius 1 is 1.11 bits per heavy atom. The van der Waals surface area contributed by atoms with Crippen LogP contribution < -0.4 is 0 Å². The molecule has 0 unspecified atom stereocenters. The van der Waals surface area contributed by atoms with E-state index in [0.29, 0.717) is 6.54 Å². The van der Waals surface area contributed by atoms with Gasteiger partial charge < -0.3 is 14.6 Å². The minimum Gasteiger partial charge on any atom is -0.394 e. The maximum Gasteiger partial charge on any atom is 0.176 e. The van der Waals surface area contributed by atoms with Crippen LogP contribution in [0.25, 0.3) is 0 Å². The summed E-state index contributed by atoms with van der Waals surface area (Å²) in [5.41, 5.74) is 2.23. The third kappa shape index (κ3) is 3.98. The normalized spacial score (nSPS) is 28.8. The lowest BCUT2D eigenvalue weighted by atomic mass is 10.0. The number of morpholine rings is 1. The van der Waals surface area contributed by atoms with Crippen LogP contribution in [0.3, 0.4) is 0 Å². The summed E-state index contributed by atoms with van der Waals surface area (Å²) in [7, 11) is 0. The van der Waals surface area contributed by atoms with Crippen molar-refractivity contribution in [2.45, 2.75) is 37.1 Å². The molecule has 0 aromatic heterocycles.